The maximum Gasteiger partial charge on any atom is 0.407 e. The molecular weight excluding hydrogens is 386 g/mol. The summed E-state index contributed by atoms with van der Waals surface area (Å²) in [5.41, 5.74) is 2.04. The highest BCUT2D eigenvalue weighted by Crippen LogP contribution is 2.29. The number of nitrogens with one attached hydrogen (secondary N) is 1. The summed E-state index contributed by atoms with van der Waals surface area (Å²) >= 11 is 0. The van der Waals surface area contributed by atoms with Crippen molar-refractivity contribution >= 4 is 11.9 Å². The quantitative estimate of drug-likeness (QED) is 0.715. The normalized spacial score (nSPS) is 24.4. The second-order valence-electron chi connectivity index (χ2n) is 8.21. The average Bonchev–Trinajstić information content (AvgIpc) is 3.16. The predicted molar refractivity (Wildman–Crippen MR) is 110 cm³/mol. The van der Waals surface area contributed by atoms with Crippen LogP contribution in [0.3, 0.4) is 0 Å². The number of carboxylic acid groups (broad SMARTS) is 1. The molecule has 10 heteroatoms. The monoisotopic (exact) mass is 415 g/mol. The Balaban J connectivity index is 1.56. The Hall–Kier alpha value is -2.64. The van der Waals surface area contributed by atoms with Crippen LogP contribution in [0, 0.1) is 11.3 Å². The first-order valence-corrected chi connectivity index (χ1v) is 10.6. The summed E-state index contributed by atoms with van der Waals surface area (Å²) in [6, 6.07) is 2.51. The molecule has 4 rings (SSSR count). The fourth-order valence-corrected chi connectivity index (χ4v) is 4.58. The first-order chi connectivity index (χ1) is 14.6. The minimum atomic E-state index is -0.978. The van der Waals surface area contributed by atoms with Gasteiger partial charge in [0.15, 0.2) is 0 Å². The summed E-state index contributed by atoms with van der Waals surface area (Å²) in [5, 5.41) is 22.0. The van der Waals surface area contributed by atoms with E-state index in [4.69, 9.17) is 15.0 Å². The first-order valence-electron chi connectivity index (χ1n) is 10.6. The van der Waals surface area contributed by atoms with Crippen molar-refractivity contribution in [2.45, 2.75) is 44.3 Å². The van der Waals surface area contributed by atoms with E-state index in [9.17, 15) is 9.90 Å². The molecule has 3 aliphatic rings. The molecule has 3 aliphatic heterocycles. The number of nitriles is 1. The van der Waals surface area contributed by atoms with Crippen LogP contribution in [0.5, 0.6) is 6.01 Å². The average molecular weight is 415 g/mol. The van der Waals surface area contributed by atoms with Gasteiger partial charge in [-0.15, -0.1) is 0 Å². The maximum absolute atomic E-state index is 11.5. The number of aromatic nitrogens is 2. The Morgan fingerprint density at radius 2 is 2.20 bits per heavy atom. The van der Waals surface area contributed by atoms with E-state index in [1.165, 1.54) is 11.3 Å². The molecule has 4 heterocycles. The smallest absolute Gasteiger partial charge is 0.407 e. The van der Waals surface area contributed by atoms with Gasteiger partial charge in [-0.2, -0.15) is 15.2 Å². The first kappa shape index (κ1) is 20.6. The van der Waals surface area contributed by atoms with Crippen LogP contribution in [-0.2, 0) is 13.0 Å². The van der Waals surface area contributed by atoms with Gasteiger partial charge in [-0.1, -0.05) is 0 Å². The van der Waals surface area contributed by atoms with Crippen molar-refractivity contribution in [2.75, 3.05) is 51.3 Å². The van der Waals surface area contributed by atoms with Gasteiger partial charge in [0, 0.05) is 37.8 Å². The third-order valence-corrected chi connectivity index (χ3v) is 6.33. The Morgan fingerprint density at radius 1 is 1.33 bits per heavy atom. The zero-order valence-electron chi connectivity index (χ0n) is 17.4. The molecule has 0 saturated carbocycles. The molecule has 0 aliphatic carbocycles. The number of hydrogen-bond acceptors (Lipinski definition) is 8. The lowest BCUT2D eigenvalue weighted by molar-refractivity contribution is 0.119. The van der Waals surface area contributed by atoms with Gasteiger partial charge in [-0.3, -0.25) is 0 Å². The van der Waals surface area contributed by atoms with Crippen molar-refractivity contribution in [1.29, 1.82) is 5.26 Å². The van der Waals surface area contributed by atoms with E-state index < -0.39 is 6.09 Å². The second kappa shape index (κ2) is 9.02. The number of fused-ring (bicyclic) bond motifs is 1. The summed E-state index contributed by atoms with van der Waals surface area (Å²) in [6.07, 6.45) is 2.29. The summed E-state index contributed by atoms with van der Waals surface area (Å²) in [4.78, 5) is 26.7. The van der Waals surface area contributed by atoms with Crippen molar-refractivity contribution in [3.8, 4) is 12.1 Å². The number of nitrogens with zero attached hydrogens (tertiary/aromatic N) is 6. The number of hydrogen-bond donors (Lipinski definition) is 2. The maximum atomic E-state index is 11.5. The van der Waals surface area contributed by atoms with Gasteiger partial charge in [0.25, 0.3) is 0 Å². The fraction of sp³-hybridized carbons (Fsp3) is 0.700. The zero-order chi connectivity index (χ0) is 21.1. The lowest BCUT2D eigenvalue weighted by Crippen LogP contribution is -2.55. The van der Waals surface area contributed by atoms with E-state index in [0.717, 1.165) is 43.0 Å². The highest BCUT2D eigenvalue weighted by Gasteiger charge is 2.33. The third-order valence-electron chi connectivity index (χ3n) is 6.33. The van der Waals surface area contributed by atoms with Crippen molar-refractivity contribution in [1.82, 2.24) is 25.1 Å². The number of carbonyl (C=O) groups is 1. The molecule has 2 atom stereocenters. The molecule has 1 aromatic heterocycles. The Labute approximate surface area is 176 Å². The van der Waals surface area contributed by atoms with E-state index in [1.54, 1.807) is 0 Å². The minimum Gasteiger partial charge on any atom is -0.465 e. The number of likely N-dealkylation sites (N-methyl/N-ethyl adjacent to an activating group) is 1. The van der Waals surface area contributed by atoms with Crippen LogP contribution < -0.4 is 15.0 Å². The predicted octanol–water partition coefficient (Wildman–Crippen LogP) is 0.678. The third kappa shape index (κ3) is 4.27. The summed E-state index contributed by atoms with van der Waals surface area (Å²) in [5.74, 6) is 0.823. The summed E-state index contributed by atoms with van der Waals surface area (Å²) in [6.45, 7) is 4.50. The number of ether oxygens (including phenoxy) is 1. The molecule has 2 fully saturated rings. The van der Waals surface area contributed by atoms with Crippen molar-refractivity contribution in [3.05, 3.63) is 11.3 Å². The molecule has 2 N–H and O–H groups in total. The van der Waals surface area contributed by atoms with Gasteiger partial charge in [0.05, 0.1) is 24.2 Å². The van der Waals surface area contributed by atoms with Crippen LogP contribution in [0.1, 0.15) is 30.5 Å². The number of piperazine rings is 1. The minimum absolute atomic E-state index is 0.162. The van der Waals surface area contributed by atoms with E-state index in [0.29, 0.717) is 44.8 Å². The van der Waals surface area contributed by atoms with Crippen molar-refractivity contribution in [3.63, 3.8) is 0 Å². The fourth-order valence-electron chi connectivity index (χ4n) is 4.58. The van der Waals surface area contributed by atoms with Crippen LogP contribution in [0.15, 0.2) is 0 Å². The summed E-state index contributed by atoms with van der Waals surface area (Å²) in [7, 11) is 2.11. The highest BCUT2D eigenvalue weighted by molar-refractivity contribution is 5.66. The number of rotatable bonds is 5. The molecule has 1 aromatic rings. The molecule has 2 unspecified atom stereocenters. The Morgan fingerprint density at radius 3 is 2.93 bits per heavy atom. The van der Waals surface area contributed by atoms with Gasteiger partial charge in [0.1, 0.15) is 12.4 Å². The highest BCUT2D eigenvalue weighted by atomic mass is 16.5. The lowest BCUT2D eigenvalue weighted by atomic mass is 10.0. The zero-order valence-corrected chi connectivity index (χ0v) is 17.4. The van der Waals surface area contributed by atoms with Crippen LogP contribution in [0.4, 0.5) is 10.6 Å². The largest absolute Gasteiger partial charge is 0.465 e. The molecule has 2 saturated heterocycles. The van der Waals surface area contributed by atoms with Gasteiger partial charge in [-0.25, -0.2) is 4.79 Å². The topological polar surface area (TPSA) is 118 Å². The standard InChI is InChI=1S/C20H29N7O3/c1-25-8-2-3-15(25)13-30-19-23-17-11-22-7-5-16(17)18(24-19)26-9-10-27(20(28)29)14(12-26)4-6-21/h14-15,22H,2-5,7-13H2,1H3,(H,28,29). The molecule has 0 aromatic carbocycles. The number of anilines is 1. The van der Waals surface area contributed by atoms with E-state index in [-0.39, 0.29) is 12.5 Å². The van der Waals surface area contributed by atoms with Gasteiger partial charge >= 0.3 is 12.1 Å². The number of amides is 1. The van der Waals surface area contributed by atoms with Crippen molar-refractivity contribution in [2.24, 2.45) is 0 Å². The van der Waals surface area contributed by atoms with Crippen LogP contribution in [-0.4, -0.2) is 89.4 Å². The Kier molecular flexibility index (Phi) is 6.20. The second-order valence-corrected chi connectivity index (χ2v) is 8.21. The van der Waals surface area contributed by atoms with E-state index in [1.807, 2.05) is 0 Å². The van der Waals surface area contributed by atoms with Gasteiger partial charge in [-0.05, 0) is 39.4 Å². The summed E-state index contributed by atoms with van der Waals surface area (Å²) < 4.78 is 6.02. The molecule has 0 radical (unpaired) electrons. The van der Waals surface area contributed by atoms with E-state index in [2.05, 4.69) is 33.2 Å². The van der Waals surface area contributed by atoms with Crippen molar-refractivity contribution < 1.29 is 14.6 Å². The molecule has 0 spiro atoms. The molecule has 30 heavy (non-hydrogen) atoms. The van der Waals surface area contributed by atoms with E-state index >= 15 is 0 Å². The van der Waals surface area contributed by atoms with Crippen LogP contribution in [0.2, 0.25) is 0 Å². The molecule has 1 amide bonds. The lowest BCUT2D eigenvalue weighted by Gasteiger charge is -2.40. The Bertz CT molecular complexity index is 827. The van der Waals surface area contributed by atoms with Crippen LogP contribution >= 0.6 is 0 Å². The molecule has 162 valence electrons. The molecule has 10 nitrogen and oxygen atoms in total. The van der Waals surface area contributed by atoms with Crippen LogP contribution in [0.25, 0.3) is 0 Å². The number of likely N-dealkylation sites (tertiary alicyclic amines) is 1. The van der Waals surface area contributed by atoms with Gasteiger partial charge < -0.3 is 29.9 Å². The molecule has 0 bridgehead atoms. The molecular formula is C20H29N7O3. The van der Waals surface area contributed by atoms with Gasteiger partial charge in [0.2, 0.25) is 0 Å². The SMILES string of the molecule is CN1CCCC1COc1nc2c(c(N3CCN(C(=O)O)C(CC#N)C3)n1)CCNC2.